The average molecular weight is 393 g/mol. The first kappa shape index (κ1) is 21.1. The van der Waals surface area contributed by atoms with Crippen LogP contribution < -0.4 is 4.74 Å². The van der Waals surface area contributed by atoms with Gasteiger partial charge in [-0.15, -0.1) is 0 Å². The van der Waals surface area contributed by atoms with Gasteiger partial charge >= 0.3 is 5.97 Å². The van der Waals surface area contributed by atoms with Crippen molar-refractivity contribution in [3.8, 4) is 5.75 Å². The Bertz CT molecular complexity index is 955. The molecule has 154 valence electrons. The van der Waals surface area contributed by atoms with Crippen LogP contribution in [0, 0.1) is 5.92 Å². The van der Waals surface area contributed by atoms with Gasteiger partial charge in [0.2, 0.25) is 0 Å². The molecule has 0 radical (unpaired) electrons. The summed E-state index contributed by atoms with van der Waals surface area (Å²) < 4.78 is 5.87. The number of esters is 1. The smallest absolute Gasteiger partial charge is 0.318 e. The number of likely N-dealkylation sites (N-methyl/N-ethyl adjacent to an activating group) is 1. The maximum absolute atomic E-state index is 12.9. The summed E-state index contributed by atoms with van der Waals surface area (Å²) in [7, 11) is 4.12. The fraction of sp³-hybridized carbons (Fsp3) is 0.400. The van der Waals surface area contributed by atoms with Crippen molar-refractivity contribution in [2.24, 2.45) is 5.92 Å². The molecule has 1 atom stereocenters. The van der Waals surface area contributed by atoms with Crippen molar-refractivity contribution in [2.45, 2.75) is 39.5 Å². The third-order valence-electron chi connectivity index (χ3n) is 5.27. The van der Waals surface area contributed by atoms with E-state index in [1.807, 2.05) is 43.5 Å². The third-order valence-corrected chi connectivity index (χ3v) is 5.27. The maximum Gasteiger partial charge on any atom is 0.318 e. The molecule has 0 saturated heterocycles. The Hall–Kier alpha value is -2.59. The molecule has 1 N–H and O–H groups in total. The number of nitrogens with one attached hydrogen (secondary N) is 1. The summed E-state index contributed by atoms with van der Waals surface area (Å²) in [5.74, 6) is 0.703. The lowest BCUT2D eigenvalue weighted by atomic mass is 9.97. The van der Waals surface area contributed by atoms with Crippen LogP contribution in [-0.4, -0.2) is 36.5 Å². The first-order valence-corrected chi connectivity index (χ1v) is 10.4. The van der Waals surface area contributed by atoms with Crippen molar-refractivity contribution in [3.05, 3.63) is 65.4 Å². The van der Waals surface area contributed by atoms with E-state index in [9.17, 15) is 4.79 Å². The van der Waals surface area contributed by atoms with Crippen molar-refractivity contribution in [3.63, 3.8) is 0 Å². The zero-order valence-electron chi connectivity index (χ0n) is 18.2. The van der Waals surface area contributed by atoms with Gasteiger partial charge in [-0.2, -0.15) is 0 Å². The Balaban J connectivity index is 1.77. The number of carbonyl (C=O) groups excluding carboxylic acids is 1. The van der Waals surface area contributed by atoms with Gasteiger partial charge in [0.05, 0.1) is 5.92 Å². The fourth-order valence-corrected chi connectivity index (χ4v) is 3.59. The number of rotatable bonds is 8. The van der Waals surface area contributed by atoms with Crippen LogP contribution >= 0.6 is 0 Å². The second-order valence-corrected chi connectivity index (χ2v) is 8.53. The number of fused-ring (bicyclic) bond motifs is 1. The van der Waals surface area contributed by atoms with E-state index in [0.29, 0.717) is 11.7 Å². The number of nitrogens with zero attached hydrogens (tertiary/aromatic N) is 1. The van der Waals surface area contributed by atoms with E-state index < -0.39 is 0 Å². The van der Waals surface area contributed by atoms with E-state index >= 15 is 0 Å². The zero-order chi connectivity index (χ0) is 21.0. The lowest BCUT2D eigenvalue weighted by Crippen LogP contribution is -2.17. The van der Waals surface area contributed by atoms with Gasteiger partial charge in [-0.05, 0) is 68.6 Å². The number of ether oxygens (including phenoxy) is 1. The molecule has 29 heavy (non-hydrogen) atoms. The number of benzene rings is 2. The number of hydrogen-bond donors (Lipinski definition) is 1. The second-order valence-electron chi connectivity index (χ2n) is 8.53. The first-order chi connectivity index (χ1) is 13.8. The highest BCUT2D eigenvalue weighted by Crippen LogP contribution is 2.31. The molecular formula is C25H32N2O2. The van der Waals surface area contributed by atoms with Crippen LogP contribution in [-0.2, 0) is 17.6 Å². The van der Waals surface area contributed by atoms with E-state index in [1.165, 1.54) is 11.1 Å². The molecule has 1 aromatic heterocycles. The van der Waals surface area contributed by atoms with Crippen LogP contribution in [0.4, 0.5) is 0 Å². The summed E-state index contributed by atoms with van der Waals surface area (Å²) >= 11 is 0. The topological polar surface area (TPSA) is 45.3 Å². The Morgan fingerprint density at radius 2 is 1.79 bits per heavy atom. The van der Waals surface area contributed by atoms with E-state index in [4.69, 9.17) is 4.74 Å². The molecule has 3 aromatic rings. The molecule has 3 rings (SSSR count). The molecule has 1 heterocycles. The summed E-state index contributed by atoms with van der Waals surface area (Å²) in [6.45, 7) is 7.27. The summed E-state index contributed by atoms with van der Waals surface area (Å²) in [6.07, 6.45) is 3.96. The monoisotopic (exact) mass is 392 g/mol. The second kappa shape index (κ2) is 9.27. The number of aromatic amines is 1. The van der Waals surface area contributed by atoms with Gasteiger partial charge < -0.3 is 14.6 Å². The van der Waals surface area contributed by atoms with Crippen LogP contribution in [0.25, 0.3) is 10.9 Å². The number of hydrogen-bond acceptors (Lipinski definition) is 3. The molecule has 0 unspecified atom stereocenters. The predicted octanol–water partition coefficient (Wildman–Crippen LogP) is 5.18. The lowest BCUT2D eigenvalue weighted by Gasteiger charge is -2.14. The minimum atomic E-state index is -0.317. The van der Waals surface area contributed by atoms with Gasteiger partial charge in [-0.3, -0.25) is 4.79 Å². The van der Waals surface area contributed by atoms with E-state index in [2.05, 4.69) is 50.0 Å². The quantitative estimate of drug-likeness (QED) is 0.424. The fourth-order valence-electron chi connectivity index (χ4n) is 3.59. The van der Waals surface area contributed by atoms with Crippen molar-refractivity contribution in [1.29, 1.82) is 0 Å². The largest absolute Gasteiger partial charge is 0.425 e. The van der Waals surface area contributed by atoms with Crippen molar-refractivity contribution >= 4 is 16.9 Å². The van der Waals surface area contributed by atoms with Gasteiger partial charge in [0.1, 0.15) is 5.75 Å². The average Bonchev–Trinajstić information content (AvgIpc) is 3.10. The molecule has 0 amide bonds. The maximum atomic E-state index is 12.9. The molecule has 0 aliphatic carbocycles. The zero-order valence-corrected chi connectivity index (χ0v) is 18.2. The lowest BCUT2D eigenvalue weighted by molar-refractivity contribution is -0.135. The number of H-pyrrole nitrogens is 1. The van der Waals surface area contributed by atoms with E-state index in [1.54, 1.807) is 0 Å². The Morgan fingerprint density at radius 3 is 2.45 bits per heavy atom. The summed E-state index contributed by atoms with van der Waals surface area (Å²) in [5.41, 5.74) is 4.45. The number of aromatic nitrogens is 1. The van der Waals surface area contributed by atoms with Crippen molar-refractivity contribution in [2.75, 3.05) is 20.6 Å². The van der Waals surface area contributed by atoms with Crippen LogP contribution in [0.2, 0.25) is 0 Å². The molecule has 0 aliphatic heterocycles. The predicted molar refractivity (Wildman–Crippen MR) is 120 cm³/mol. The SMILES string of the molecule is CC(C)Cc1ccc([C@@H](C)C(=O)Oc2cccc3[nH]cc(CCN(C)C)c23)cc1. The van der Waals surface area contributed by atoms with Crippen LogP contribution in [0.3, 0.4) is 0 Å². The Morgan fingerprint density at radius 1 is 1.07 bits per heavy atom. The van der Waals surface area contributed by atoms with Gasteiger partial charge in [-0.25, -0.2) is 0 Å². The highest BCUT2D eigenvalue weighted by atomic mass is 16.5. The molecule has 0 saturated carbocycles. The van der Waals surface area contributed by atoms with E-state index in [-0.39, 0.29) is 11.9 Å². The van der Waals surface area contributed by atoms with Crippen molar-refractivity contribution in [1.82, 2.24) is 9.88 Å². The number of carbonyl (C=O) groups is 1. The summed E-state index contributed by atoms with van der Waals surface area (Å²) in [6, 6.07) is 14.1. The normalized spacial score (nSPS) is 12.7. The minimum Gasteiger partial charge on any atom is -0.425 e. The summed E-state index contributed by atoms with van der Waals surface area (Å²) in [4.78, 5) is 18.3. The highest BCUT2D eigenvalue weighted by molar-refractivity contribution is 5.92. The minimum absolute atomic E-state index is 0.228. The highest BCUT2D eigenvalue weighted by Gasteiger charge is 2.20. The Kier molecular flexibility index (Phi) is 6.75. The van der Waals surface area contributed by atoms with Crippen LogP contribution in [0.1, 0.15) is 43.4 Å². The van der Waals surface area contributed by atoms with Gasteiger partial charge in [0, 0.05) is 23.6 Å². The molecule has 0 aliphatic rings. The Labute approximate surface area is 173 Å². The molecule has 0 fully saturated rings. The molecule has 4 heteroatoms. The van der Waals surface area contributed by atoms with Crippen LogP contribution in [0.15, 0.2) is 48.7 Å². The van der Waals surface area contributed by atoms with Gasteiger partial charge in [-0.1, -0.05) is 44.2 Å². The molecule has 0 bridgehead atoms. The molecule has 2 aromatic carbocycles. The van der Waals surface area contributed by atoms with Gasteiger partial charge in [0.25, 0.3) is 0 Å². The van der Waals surface area contributed by atoms with E-state index in [0.717, 1.165) is 35.9 Å². The standard InChI is InChI=1S/C25H32N2O2/c1-17(2)15-19-9-11-20(12-10-19)18(3)25(28)29-23-8-6-7-22-24(23)21(16-26-22)13-14-27(4)5/h6-12,16-18,26H,13-15H2,1-5H3/t18-/m1/s1. The molecule has 0 spiro atoms. The van der Waals surface area contributed by atoms with Crippen molar-refractivity contribution < 1.29 is 9.53 Å². The molecular weight excluding hydrogens is 360 g/mol. The molecule has 4 nitrogen and oxygen atoms in total. The van der Waals surface area contributed by atoms with Crippen LogP contribution in [0.5, 0.6) is 5.75 Å². The summed E-state index contributed by atoms with van der Waals surface area (Å²) in [5, 5.41) is 1.00. The third kappa shape index (κ3) is 5.27. The first-order valence-electron chi connectivity index (χ1n) is 10.4. The van der Waals surface area contributed by atoms with Gasteiger partial charge in [0.15, 0.2) is 0 Å².